The molecule has 0 heterocycles. The topological polar surface area (TPSA) is 118 Å². The second-order valence-corrected chi connectivity index (χ2v) is 6.58. The van der Waals surface area contributed by atoms with Crippen LogP contribution in [0.2, 0.25) is 0 Å². The van der Waals surface area contributed by atoms with Crippen molar-refractivity contribution in [3.05, 3.63) is 12.2 Å². The lowest BCUT2D eigenvalue weighted by Crippen LogP contribution is -2.20. The standard InChI is InChI=1S/C20H32O7/c1-2-3-4-5-6-7-8-9-10-11-12-16(20(25)26)15-19(24)27-18(23)14-13-17(21)22/h11-12,16H,2-10,13-15H2,1H3,(H,21,22)(H,25,26). The number of esters is 2. The van der Waals surface area contributed by atoms with E-state index >= 15 is 0 Å². The zero-order valence-corrected chi connectivity index (χ0v) is 16.2. The van der Waals surface area contributed by atoms with E-state index < -0.39 is 49.1 Å². The first-order chi connectivity index (χ1) is 12.9. The van der Waals surface area contributed by atoms with Crippen molar-refractivity contribution in [3.8, 4) is 0 Å². The van der Waals surface area contributed by atoms with Crippen molar-refractivity contribution in [1.29, 1.82) is 0 Å². The van der Waals surface area contributed by atoms with E-state index in [1.54, 1.807) is 6.08 Å². The third kappa shape index (κ3) is 15.8. The Bertz CT molecular complexity index is 497. The number of rotatable bonds is 16. The highest BCUT2D eigenvalue weighted by Gasteiger charge is 2.21. The Morgan fingerprint density at radius 2 is 1.44 bits per heavy atom. The molecule has 1 atom stereocenters. The molecule has 0 saturated carbocycles. The van der Waals surface area contributed by atoms with Crippen molar-refractivity contribution in [2.24, 2.45) is 5.92 Å². The van der Waals surface area contributed by atoms with Crippen LogP contribution in [0.1, 0.15) is 84.0 Å². The number of unbranched alkanes of at least 4 members (excludes halogenated alkanes) is 8. The van der Waals surface area contributed by atoms with Gasteiger partial charge in [-0.25, -0.2) is 0 Å². The van der Waals surface area contributed by atoms with E-state index in [0.29, 0.717) is 0 Å². The number of carboxylic acid groups (broad SMARTS) is 2. The summed E-state index contributed by atoms with van der Waals surface area (Å²) < 4.78 is 4.44. The number of carbonyl (C=O) groups is 4. The van der Waals surface area contributed by atoms with Gasteiger partial charge in [-0.15, -0.1) is 0 Å². The molecule has 7 heteroatoms. The third-order valence-corrected chi connectivity index (χ3v) is 4.07. The van der Waals surface area contributed by atoms with Crippen LogP contribution in [-0.2, 0) is 23.9 Å². The Balaban J connectivity index is 4.02. The molecule has 2 N–H and O–H groups in total. The van der Waals surface area contributed by atoms with Crippen LogP contribution in [-0.4, -0.2) is 34.1 Å². The quantitative estimate of drug-likeness (QED) is 0.178. The minimum Gasteiger partial charge on any atom is -0.481 e. The van der Waals surface area contributed by atoms with Gasteiger partial charge in [-0.1, -0.05) is 64.0 Å². The lowest BCUT2D eigenvalue weighted by atomic mass is 10.0. The predicted molar refractivity (Wildman–Crippen MR) is 100 cm³/mol. The fraction of sp³-hybridized carbons (Fsp3) is 0.700. The van der Waals surface area contributed by atoms with Crippen molar-refractivity contribution in [2.75, 3.05) is 0 Å². The molecule has 0 aromatic heterocycles. The van der Waals surface area contributed by atoms with Crippen molar-refractivity contribution in [3.63, 3.8) is 0 Å². The Hall–Kier alpha value is -2.18. The van der Waals surface area contributed by atoms with Crippen LogP contribution in [0.5, 0.6) is 0 Å². The fourth-order valence-corrected chi connectivity index (χ4v) is 2.50. The Kier molecular flexibility index (Phi) is 14.7. The first kappa shape index (κ1) is 24.8. The molecule has 0 aliphatic rings. The molecule has 0 aromatic carbocycles. The maximum atomic E-state index is 11.6. The summed E-state index contributed by atoms with van der Waals surface area (Å²) in [6.07, 6.45) is 12.1. The highest BCUT2D eigenvalue weighted by atomic mass is 16.6. The van der Waals surface area contributed by atoms with Gasteiger partial charge in [0.1, 0.15) is 0 Å². The van der Waals surface area contributed by atoms with Gasteiger partial charge in [0.2, 0.25) is 0 Å². The number of hydrogen-bond donors (Lipinski definition) is 2. The zero-order valence-electron chi connectivity index (χ0n) is 16.2. The van der Waals surface area contributed by atoms with Crippen LogP contribution in [0.3, 0.4) is 0 Å². The van der Waals surface area contributed by atoms with E-state index in [1.807, 2.05) is 0 Å². The molecule has 0 bridgehead atoms. The second-order valence-electron chi connectivity index (χ2n) is 6.58. The van der Waals surface area contributed by atoms with Gasteiger partial charge >= 0.3 is 23.9 Å². The van der Waals surface area contributed by atoms with Crippen LogP contribution in [0.4, 0.5) is 0 Å². The molecule has 27 heavy (non-hydrogen) atoms. The highest BCUT2D eigenvalue weighted by molar-refractivity contribution is 5.89. The van der Waals surface area contributed by atoms with E-state index in [1.165, 1.54) is 44.6 Å². The third-order valence-electron chi connectivity index (χ3n) is 4.07. The maximum Gasteiger partial charge on any atom is 0.314 e. The Morgan fingerprint density at radius 3 is 2.00 bits per heavy atom. The lowest BCUT2D eigenvalue weighted by Gasteiger charge is -2.07. The zero-order chi connectivity index (χ0) is 20.5. The average molecular weight is 384 g/mol. The van der Waals surface area contributed by atoms with Gasteiger partial charge < -0.3 is 14.9 Å². The smallest absolute Gasteiger partial charge is 0.314 e. The molecule has 1 unspecified atom stereocenters. The highest BCUT2D eigenvalue weighted by Crippen LogP contribution is 2.12. The first-order valence-corrected chi connectivity index (χ1v) is 9.71. The monoisotopic (exact) mass is 384 g/mol. The number of carboxylic acids is 2. The summed E-state index contributed by atoms with van der Waals surface area (Å²) in [4.78, 5) is 44.4. The number of hydrogen-bond acceptors (Lipinski definition) is 5. The lowest BCUT2D eigenvalue weighted by molar-refractivity contribution is -0.162. The Morgan fingerprint density at radius 1 is 0.852 bits per heavy atom. The average Bonchev–Trinajstić information content (AvgIpc) is 2.60. The molecular formula is C20H32O7. The Labute approximate surface area is 160 Å². The van der Waals surface area contributed by atoms with Gasteiger partial charge in [0.15, 0.2) is 0 Å². The molecule has 0 aliphatic heterocycles. The largest absolute Gasteiger partial charge is 0.481 e. The molecular weight excluding hydrogens is 352 g/mol. The predicted octanol–water partition coefficient (Wildman–Crippen LogP) is 4.10. The summed E-state index contributed by atoms with van der Waals surface area (Å²) in [5, 5.41) is 17.6. The van der Waals surface area contributed by atoms with Gasteiger partial charge in [0.05, 0.1) is 25.2 Å². The number of ether oxygens (including phenoxy) is 1. The van der Waals surface area contributed by atoms with Crippen LogP contribution >= 0.6 is 0 Å². The normalized spacial score (nSPS) is 12.0. The van der Waals surface area contributed by atoms with Crippen LogP contribution < -0.4 is 0 Å². The molecule has 0 radical (unpaired) electrons. The number of aliphatic carboxylic acids is 2. The van der Waals surface area contributed by atoms with E-state index in [2.05, 4.69) is 11.7 Å². The van der Waals surface area contributed by atoms with E-state index in [0.717, 1.165) is 19.3 Å². The summed E-state index contributed by atoms with van der Waals surface area (Å²) in [7, 11) is 0. The van der Waals surface area contributed by atoms with Gasteiger partial charge in [-0.05, 0) is 12.8 Å². The van der Waals surface area contributed by atoms with Crippen molar-refractivity contribution < 1.29 is 34.1 Å². The minimum absolute atomic E-state index is 0.424. The molecule has 0 rings (SSSR count). The molecule has 0 amide bonds. The fourth-order valence-electron chi connectivity index (χ4n) is 2.50. The van der Waals surface area contributed by atoms with E-state index in [9.17, 15) is 19.2 Å². The van der Waals surface area contributed by atoms with Gasteiger partial charge in [0, 0.05) is 0 Å². The van der Waals surface area contributed by atoms with Gasteiger partial charge in [0.25, 0.3) is 0 Å². The summed E-state index contributed by atoms with van der Waals surface area (Å²) in [6.45, 7) is 2.19. The number of carbonyl (C=O) groups excluding carboxylic acids is 2. The first-order valence-electron chi connectivity index (χ1n) is 9.71. The summed E-state index contributed by atoms with van der Waals surface area (Å²) in [6, 6.07) is 0. The van der Waals surface area contributed by atoms with Crippen molar-refractivity contribution in [2.45, 2.75) is 84.0 Å². The van der Waals surface area contributed by atoms with Crippen LogP contribution in [0, 0.1) is 5.92 Å². The van der Waals surface area contributed by atoms with Gasteiger partial charge in [-0.3, -0.25) is 19.2 Å². The minimum atomic E-state index is -1.17. The molecule has 7 nitrogen and oxygen atoms in total. The van der Waals surface area contributed by atoms with Crippen molar-refractivity contribution in [1.82, 2.24) is 0 Å². The summed E-state index contributed by atoms with van der Waals surface area (Å²) >= 11 is 0. The molecule has 0 aromatic rings. The molecule has 0 spiro atoms. The number of allylic oxidation sites excluding steroid dienone is 1. The van der Waals surface area contributed by atoms with E-state index in [-0.39, 0.29) is 0 Å². The molecule has 154 valence electrons. The molecule has 0 fully saturated rings. The van der Waals surface area contributed by atoms with Crippen molar-refractivity contribution >= 4 is 23.9 Å². The summed E-state index contributed by atoms with van der Waals surface area (Å²) in [5.74, 6) is -5.33. The van der Waals surface area contributed by atoms with Gasteiger partial charge in [-0.2, -0.15) is 0 Å². The SMILES string of the molecule is CCCCCCCCCCC=CC(CC(=O)OC(=O)CCC(=O)O)C(=O)O. The molecule has 0 aliphatic carbocycles. The molecule has 0 saturated heterocycles. The van der Waals surface area contributed by atoms with Crippen LogP contribution in [0.25, 0.3) is 0 Å². The van der Waals surface area contributed by atoms with E-state index in [4.69, 9.17) is 10.2 Å². The second kappa shape index (κ2) is 16.0. The summed E-state index contributed by atoms with van der Waals surface area (Å²) in [5.41, 5.74) is 0. The maximum absolute atomic E-state index is 11.6. The van der Waals surface area contributed by atoms with Crippen LogP contribution in [0.15, 0.2) is 12.2 Å².